The van der Waals surface area contributed by atoms with E-state index in [2.05, 4.69) is 4.72 Å². The lowest BCUT2D eigenvalue weighted by Crippen LogP contribution is -2.16. The van der Waals surface area contributed by atoms with E-state index < -0.39 is 27.7 Å². The lowest BCUT2D eigenvalue weighted by atomic mass is 10.1. The number of nitrogens with two attached hydrogens (primary N) is 2. The molecule has 0 aliphatic rings. The van der Waals surface area contributed by atoms with Crippen LogP contribution in [-0.4, -0.2) is 24.8 Å². The maximum Gasteiger partial charge on any atom is 0.265 e. The number of amides is 2. The lowest BCUT2D eigenvalue weighted by Gasteiger charge is -2.11. The summed E-state index contributed by atoms with van der Waals surface area (Å²) in [5, 5.41) is 0. The third-order valence-corrected chi connectivity index (χ3v) is 4.75. The Bertz CT molecular complexity index is 950. The molecule has 0 aliphatic carbocycles. The number of aromatic nitrogens is 1. The molecule has 1 aromatic heterocycles. The van der Waals surface area contributed by atoms with Gasteiger partial charge in [-0.15, -0.1) is 0 Å². The van der Waals surface area contributed by atoms with Crippen LogP contribution >= 0.6 is 0 Å². The summed E-state index contributed by atoms with van der Waals surface area (Å²) in [7, 11) is -2.67. The first kappa shape index (κ1) is 17.5. The number of hydrogen-bond donors (Lipinski definition) is 3. The number of hydrogen-bond acceptors (Lipinski definition) is 4. The molecular formula is C14H15FN4O4S. The molecular weight excluding hydrogens is 339 g/mol. The van der Waals surface area contributed by atoms with E-state index in [-0.39, 0.29) is 27.4 Å². The van der Waals surface area contributed by atoms with Gasteiger partial charge in [0.2, 0.25) is 5.91 Å². The van der Waals surface area contributed by atoms with Crippen molar-refractivity contribution in [1.29, 1.82) is 0 Å². The van der Waals surface area contributed by atoms with E-state index in [0.717, 1.165) is 18.2 Å². The predicted molar refractivity (Wildman–Crippen MR) is 84.4 cm³/mol. The van der Waals surface area contributed by atoms with Gasteiger partial charge >= 0.3 is 0 Å². The van der Waals surface area contributed by atoms with Gasteiger partial charge in [0.15, 0.2) is 0 Å². The fourth-order valence-electron chi connectivity index (χ4n) is 2.06. The number of rotatable bonds is 5. The molecule has 2 aromatic rings. The topological polar surface area (TPSA) is 137 Å². The van der Waals surface area contributed by atoms with E-state index in [0.29, 0.717) is 0 Å². The average molecular weight is 354 g/mol. The highest BCUT2D eigenvalue weighted by atomic mass is 32.2. The molecule has 0 unspecified atom stereocenters. The zero-order chi connectivity index (χ0) is 18.2. The minimum absolute atomic E-state index is 0.00497. The Labute approximate surface area is 137 Å². The number of halogens is 1. The van der Waals surface area contributed by atoms with Crippen LogP contribution < -0.4 is 16.2 Å². The Kier molecular flexibility index (Phi) is 4.34. The van der Waals surface area contributed by atoms with Gasteiger partial charge in [0, 0.05) is 24.4 Å². The summed E-state index contributed by atoms with van der Waals surface area (Å²) < 4.78 is 42.1. The molecule has 0 fully saturated rings. The summed E-state index contributed by atoms with van der Waals surface area (Å²) >= 11 is 0. The molecule has 10 heteroatoms. The van der Waals surface area contributed by atoms with E-state index in [1.54, 1.807) is 0 Å². The van der Waals surface area contributed by atoms with Crippen molar-refractivity contribution < 1.29 is 22.4 Å². The van der Waals surface area contributed by atoms with Crippen LogP contribution in [0.2, 0.25) is 0 Å². The van der Waals surface area contributed by atoms with E-state index in [4.69, 9.17) is 11.5 Å². The standard InChI is InChI=1S/C14H15FN4O4S/c1-7-10(15)3-8(13(16)20)4-11(7)18-24(22,23)9-5-12(14(17)21)19(2)6-9/h3-6,18H,1-2H3,(H2,16,20)(H2,17,21). The number of benzene rings is 1. The minimum atomic E-state index is -4.13. The molecule has 0 radical (unpaired) electrons. The average Bonchev–Trinajstić information content (AvgIpc) is 2.86. The molecule has 0 saturated carbocycles. The molecule has 2 rings (SSSR count). The first-order valence-corrected chi connectivity index (χ1v) is 8.10. The van der Waals surface area contributed by atoms with Gasteiger partial charge in [0.1, 0.15) is 16.4 Å². The smallest absolute Gasteiger partial charge is 0.265 e. The minimum Gasteiger partial charge on any atom is -0.366 e. The van der Waals surface area contributed by atoms with E-state index in [1.807, 2.05) is 0 Å². The summed E-state index contributed by atoms with van der Waals surface area (Å²) in [6.07, 6.45) is 1.19. The van der Waals surface area contributed by atoms with Crippen molar-refractivity contribution in [2.75, 3.05) is 4.72 Å². The van der Waals surface area contributed by atoms with Crippen LogP contribution in [0.25, 0.3) is 0 Å². The number of aryl methyl sites for hydroxylation is 1. The normalized spacial score (nSPS) is 11.3. The number of nitrogens with zero attached hydrogens (tertiary/aromatic N) is 1. The van der Waals surface area contributed by atoms with Crippen molar-refractivity contribution in [2.45, 2.75) is 11.8 Å². The number of nitrogens with one attached hydrogen (secondary N) is 1. The largest absolute Gasteiger partial charge is 0.366 e. The van der Waals surface area contributed by atoms with Crippen LogP contribution in [0.3, 0.4) is 0 Å². The molecule has 0 bridgehead atoms. The van der Waals surface area contributed by atoms with Gasteiger partial charge in [-0.3, -0.25) is 14.3 Å². The van der Waals surface area contributed by atoms with Gasteiger partial charge < -0.3 is 16.0 Å². The number of carbonyl (C=O) groups excluding carboxylic acids is 2. The Balaban J connectivity index is 2.48. The Hall–Kier alpha value is -2.88. The lowest BCUT2D eigenvalue weighted by molar-refractivity contribution is 0.0987. The zero-order valence-corrected chi connectivity index (χ0v) is 13.6. The Morgan fingerprint density at radius 2 is 1.79 bits per heavy atom. The second kappa shape index (κ2) is 5.96. The van der Waals surface area contributed by atoms with Crippen molar-refractivity contribution in [3.63, 3.8) is 0 Å². The highest BCUT2D eigenvalue weighted by Gasteiger charge is 2.21. The van der Waals surface area contributed by atoms with Gasteiger partial charge in [-0.25, -0.2) is 12.8 Å². The predicted octanol–water partition coefficient (Wildman–Crippen LogP) is 0.471. The second-order valence-corrected chi connectivity index (χ2v) is 6.82. The zero-order valence-electron chi connectivity index (χ0n) is 12.8. The maximum absolute atomic E-state index is 13.8. The van der Waals surface area contributed by atoms with Crippen molar-refractivity contribution in [3.8, 4) is 0 Å². The fraction of sp³-hybridized carbons (Fsp3) is 0.143. The SMILES string of the molecule is Cc1c(F)cc(C(N)=O)cc1NS(=O)(=O)c1cc(C(N)=O)n(C)c1. The first-order valence-electron chi connectivity index (χ1n) is 6.62. The molecule has 0 aliphatic heterocycles. The van der Waals surface area contributed by atoms with Crippen LogP contribution in [0.15, 0.2) is 29.3 Å². The quantitative estimate of drug-likeness (QED) is 0.718. The molecule has 0 atom stereocenters. The fourth-order valence-corrected chi connectivity index (χ4v) is 3.24. The summed E-state index contributed by atoms with van der Waals surface area (Å²) in [5.41, 5.74) is 9.92. The van der Waals surface area contributed by atoms with Crippen molar-refractivity contribution in [1.82, 2.24) is 4.57 Å². The maximum atomic E-state index is 13.8. The highest BCUT2D eigenvalue weighted by molar-refractivity contribution is 7.92. The van der Waals surface area contributed by atoms with Crippen LogP contribution in [0.1, 0.15) is 26.4 Å². The molecule has 2 amide bonds. The molecule has 0 spiro atoms. The monoisotopic (exact) mass is 354 g/mol. The van der Waals surface area contributed by atoms with Gasteiger partial charge in [-0.2, -0.15) is 0 Å². The van der Waals surface area contributed by atoms with Crippen molar-refractivity contribution >= 4 is 27.5 Å². The second-order valence-electron chi connectivity index (χ2n) is 5.14. The molecule has 1 heterocycles. The van der Waals surface area contributed by atoms with Gasteiger partial charge in [-0.1, -0.05) is 0 Å². The summed E-state index contributed by atoms with van der Waals surface area (Å²) in [5.74, 6) is -2.48. The first-order chi connectivity index (χ1) is 11.0. The van der Waals surface area contributed by atoms with E-state index in [9.17, 15) is 22.4 Å². The molecule has 8 nitrogen and oxygen atoms in total. The van der Waals surface area contributed by atoms with Crippen molar-refractivity contribution in [3.05, 3.63) is 47.0 Å². The van der Waals surface area contributed by atoms with Gasteiger partial charge in [0.05, 0.1) is 5.69 Å². The number of anilines is 1. The summed E-state index contributed by atoms with van der Waals surface area (Å²) in [6, 6.07) is 3.15. The third kappa shape index (κ3) is 3.23. The number of carbonyl (C=O) groups is 2. The highest BCUT2D eigenvalue weighted by Crippen LogP contribution is 2.24. The molecule has 0 saturated heterocycles. The Morgan fingerprint density at radius 3 is 2.29 bits per heavy atom. The van der Waals surface area contributed by atoms with Crippen molar-refractivity contribution in [2.24, 2.45) is 18.5 Å². The number of sulfonamides is 1. The third-order valence-electron chi connectivity index (χ3n) is 3.42. The van der Waals surface area contributed by atoms with Crippen LogP contribution in [-0.2, 0) is 17.1 Å². The van der Waals surface area contributed by atoms with E-state index >= 15 is 0 Å². The van der Waals surface area contributed by atoms with Crippen LogP contribution in [0, 0.1) is 12.7 Å². The Morgan fingerprint density at radius 1 is 1.17 bits per heavy atom. The van der Waals surface area contributed by atoms with Gasteiger partial charge in [-0.05, 0) is 25.1 Å². The van der Waals surface area contributed by atoms with E-state index in [1.165, 1.54) is 24.7 Å². The van der Waals surface area contributed by atoms with Crippen LogP contribution in [0.5, 0.6) is 0 Å². The van der Waals surface area contributed by atoms with Gasteiger partial charge in [0.25, 0.3) is 15.9 Å². The molecule has 5 N–H and O–H groups in total. The summed E-state index contributed by atoms with van der Waals surface area (Å²) in [4.78, 5) is 22.2. The number of primary amides is 2. The molecule has 1 aromatic carbocycles. The van der Waals surface area contributed by atoms with Crippen LogP contribution in [0.4, 0.5) is 10.1 Å². The molecule has 128 valence electrons. The summed E-state index contributed by atoms with van der Waals surface area (Å²) in [6.45, 7) is 1.35. The molecule has 24 heavy (non-hydrogen) atoms.